The van der Waals surface area contributed by atoms with Crippen molar-refractivity contribution < 1.29 is 22.7 Å². The first kappa shape index (κ1) is 17.8. The van der Waals surface area contributed by atoms with Crippen LogP contribution >= 0.6 is 15.9 Å². The van der Waals surface area contributed by atoms with Crippen LogP contribution in [0.4, 0.5) is 0 Å². The maximum absolute atomic E-state index is 12.0. The van der Waals surface area contributed by atoms with Gasteiger partial charge in [0.15, 0.2) is 15.6 Å². The van der Waals surface area contributed by atoms with Crippen molar-refractivity contribution in [3.8, 4) is 0 Å². The summed E-state index contributed by atoms with van der Waals surface area (Å²) in [5, 5.41) is 0. The third-order valence-corrected chi connectivity index (χ3v) is 4.35. The molecule has 0 fully saturated rings. The highest BCUT2D eigenvalue weighted by molar-refractivity contribution is 9.10. The fourth-order valence-electron chi connectivity index (χ4n) is 1.57. The monoisotopic (exact) mass is 376 g/mol. The van der Waals surface area contributed by atoms with Crippen molar-refractivity contribution in [2.24, 2.45) is 0 Å². The Balaban J connectivity index is 2.75. The van der Waals surface area contributed by atoms with Crippen LogP contribution in [0.1, 0.15) is 31.1 Å². The van der Waals surface area contributed by atoms with Gasteiger partial charge in [-0.15, -0.1) is 0 Å². The lowest BCUT2D eigenvalue weighted by atomic mass is 10.1. The lowest BCUT2D eigenvalue weighted by Crippen LogP contribution is -2.30. The van der Waals surface area contributed by atoms with Crippen LogP contribution in [-0.2, 0) is 19.4 Å². The molecular weight excluding hydrogens is 360 g/mol. The number of hydrogen-bond acceptors (Lipinski definition) is 5. The van der Waals surface area contributed by atoms with E-state index in [-0.39, 0.29) is 5.56 Å². The van der Waals surface area contributed by atoms with Crippen LogP contribution in [0.2, 0.25) is 0 Å². The van der Waals surface area contributed by atoms with Crippen LogP contribution < -0.4 is 0 Å². The minimum absolute atomic E-state index is 0.269. The van der Waals surface area contributed by atoms with Crippen LogP contribution in [0.3, 0.4) is 0 Å². The van der Waals surface area contributed by atoms with Crippen molar-refractivity contribution in [1.29, 1.82) is 0 Å². The molecule has 0 radical (unpaired) electrons. The number of ketones is 1. The second-order valence-electron chi connectivity index (χ2n) is 5.52. The second kappa shape index (κ2) is 6.70. The summed E-state index contributed by atoms with van der Waals surface area (Å²) in [6, 6.07) is 6.53. The van der Waals surface area contributed by atoms with Gasteiger partial charge in [0.1, 0.15) is 17.1 Å². The topological polar surface area (TPSA) is 77.5 Å². The molecule has 0 saturated carbocycles. The summed E-state index contributed by atoms with van der Waals surface area (Å²) in [5.41, 5.74) is -0.496. The van der Waals surface area contributed by atoms with Crippen molar-refractivity contribution in [2.45, 2.75) is 26.4 Å². The summed E-state index contributed by atoms with van der Waals surface area (Å²) in [6.07, 6.45) is 0. The maximum atomic E-state index is 12.0. The van der Waals surface area contributed by atoms with E-state index in [4.69, 9.17) is 4.74 Å². The average Bonchev–Trinajstić information content (AvgIpc) is 2.24. The minimum atomic E-state index is -3.86. The van der Waals surface area contributed by atoms with Gasteiger partial charge in [-0.2, -0.15) is 0 Å². The number of carbonyl (C=O) groups excluding carboxylic acids is 2. The van der Waals surface area contributed by atoms with Crippen LogP contribution in [0.25, 0.3) is 0 Å². The maximum Gasteiger partial charge on any atom is 0.321 e. The predicted octanol–water partition coefficient (Wildman–Crippen LogP) is 2.39. The van der Waals surface area contributed by atoms with E-state index in [9.17, 15) is 18.0 Å². The highest BCUT2D eigenvalue weighted by Gasteiger charge is 2.26. The number of halogens is 1. The van der Waals surface area contributed by atoms with Gasteiger partial charge in [-0.25, -0.2) is 8.42 Å². The van der Waals surface area contributed by atoms with Gasteiger partial charge in [0.25, 0.3) is 0 Å². The standard InChI is InChI=1S/C14H17BrO5S/c1-14(2,3)20-13(17)9-21(18,19)8-12(16)10-6-4-5-7-11(10)15/h4-7H,8-9H2,1-3H3. The molecule has 0 bridgehead atoms. The Morgan fingerprint density at radius 2 is 1.71 bits per heavy atom. The first-order valence-corrected chi connectivity index (χ1v) is 8.81. The van der Waals surface area contributed by atoms with E-state index in [0.717, 1.165) is 0 Å². The number of carbonyl (C=O) groups is 2. The van der Waals surface area contributed by atoms with E-state index < -0.39 is 38.7 Å². The van der Waals surface area contributed by atoms with Crippen LogP contribution in [0.15, 0.2) is 28.7 Å². The zero-order chi connectivity index (χ0) is 16.3. The molecule has 0 spiro atoms. The summed E-state index contributed by atoms with van der Waals surface area (Å²) in [4.78, 5) is 23.5. The Morgan fingerprint density at radius 3 is 2.24 bits per heavy atom. The molecule has 1 aromatic rings. The van der Waals surface area contributed by atoms with Crippen molar-refractivity contribution in [1.82, 2.24) is 0 Å². The van der Waals surface area contributed by atoms with Gasteiger partial charge >= 0.3 is 5.97 Å². The fraction of sp³-hybridized carbons (Fsp3) is 0.429. The molecule has 0 atom stereocenters. The zero-order valence-corrected chi connectivity index (χ0v) is 14.5. The van der Waals surface area contributed by atoms with E-state index in [2.05, 4.69) is 15.9 Å². The van der Waals surface area contributed by atoms with Crippen molar-refractivity contribution >= 4 is 37.5 Å². The van der Waals surface area contributed by atoms with Gasteiger partial charge in [0.05, 0.1) is 0 Å². The normalized spacial score (nSPS) is 12.0. The van der Waals surface area contributed by atoms with Crippen molar-refractivity contribution in [2.75, 3.05) is 11.5 Å². The van der Waals surface area contributed by atoms with Crippen LogP contribution in [0.5, 0.6) is 0 Å². The highest BCUT2D eigenvalue weighted by atomic mass is 79.9. The molecule has 0 amide bonds. The lowest BCUT2D eigenvalue weighted by Gasteiger charge is -2.19. The third-order valence-electron chi connectivity index (χ3n) is 2.28. The molecule has 1 aromatic carbocycles. The summed E-state index contributed by atoms with van der Waals surface area (Å²) in [6.45, 7) is 4.93. The summed E-state index contributed by atoms with van der Waals surface area (Å²) >= 11 is 3.19. The average molecular weight is 377 g/mol. The molecule has 116 valence electrons. The smallest absolute Gasteiger partial charge is 0.321 e. The van der Waals surface area contributed by atoms with Crippen molar-refractivity contribution in [3.05, 3.63) is 34.3 Å². The van der Waals surface area contributed by atoms with Crippen LogP contribution in [0, 0.1) is 0 Å². The SMILES string of the molecule is CC(C)(C)OC(=O)CS(=O)(=O)CC(=O)c1ccccc1Br. The quantitative estimate of drug-likeness (QED) is 0.582. The Hall–Kier alpha value is -1.21. The Morgan fingerprint density at radius 1 is 1.14 bits per heavy atom. The number of benzene rings is 1. The van der Waals surface area contributed by atoms with Gasteiger partial charge in [-0.1, -0.05) is 34.1 Å². The number of ether oxygens (including phenoxy) is 1. The third kappa shape index (κ3) is 6.39. The molecule has 0 aliphatic rings. The molecule has 5 nitrogen and oxygen atoms in total. The molecule has 0 heterocycles. The van der Waals surface area contributed by atoms with Gasteiger partial charge < -0.3 is 4.74 Å². The lowest BCUT2D eigenvalue weighted by molar-refractivity contribution is -0.151. The van der Waals surface area contributed by atoms with Crippen LogP contribution in [-0.4, -0.2) is 37.3 Å². The van der Waals surface area contributed by atoms with Crippen molar-refractivity contribution in [3.63, 3.8) is 0 Å². The molecule has 0 aliphatic carbocycles. The second-order valence-corrected chi connectivity index (χ2v) is 8.44. The van der Waals surface area contributed by atoms with E-state index in [1.807, 2.05) is 0 Å². The molecule has 0 saturated heterocycles. The molecule has 7 heteroatoms. The molecular formula is C14H17BrO5S. The number of rotatable bonds is 5. The summed E-state index contributed by atoms with van der Waals surface area (Å²) in [5.74, 6) is -2.96. The first-order chi connectivity index (χ1) is 9.50. The van der Waals surface area contributed by atoms with E-state index in [0.29, 0.717) is 4.47 Å². The fourth-order valence-corrected chi connectivity index (χ4v) is 3.15. The molecule has 0 N–H and O–H groups in total. The van der Waals surface area contributed by atoms with Gasteiger partial charge in [-0.05, 0) is 26.8 Å². The van der Waals surface area contributed by atoms with E-state index >= 15 is 0 Å². The molecule has 21 heavy (non-hydrogen) atoms. The molecule has 0 unspecified atom stereocenters. The van der Waals surface area contributed by atoms with Gasteiger partial charge in [0, 0.05) is 10.0 Å². The molecule has 1 rings (SSSR count). The number of hydrogen-bond donors (Lipinski definition) is 0. The number of esters is 1. The van der Waals surface area contributed by atoms with E-state index in [1.165, 1.54) is 6.07 Å². The molecule has 0 aliphatic heterocycles. The van der Waals surface area contributed by atoms with E-state index in [1.54, 1.807) is 39.0 Å². The number of sulfone groups is 1. The number of Topliss-reactive ketones (excluding diaryl/α,β-unsaturated/α-hetero) is 1. The largest absolute Gasteiger partial charge is 0.459 e. The summed E-state index contributed by atoms with van der Waals surface area (Å²) in [7, 11) is -3.86. The first-order valence-electron chi connectivity index (χ1n) is 6.20. The minimum Gasteiger partial charge on any atom is -0.459 e. The molecule has 0 aromatic heterocycles. The predicted molar refractivity (Wildman–Crippen MR) is 83.0 cm³/mol. The van der Waals surface area contributed by atoms with Gasteiger partial charge in [0.2, 0.25) is 0 Å². The Kier molecular flexibility index (Phi) is 5.69. The Labute approximate surface area is 132 Å². The zero-order valence-electron chi connectivity index (χ0n) is 12.1. The highest BCUT2D eigenvalue weighted by Crippen LogP contribution is 2.17. The summed E-state index contributed by atoms with van der Waals surface area (Å²) < 4.78 is 29.2. The Bertz CT molecular complexity index is 644. The van der Waals surface area contributed by atoms with Gasteiger partial charge in [-0.3, -0.25) is 9.59 Å².